The number of amides is 2. The summed E-state index contributed by atoms with van der Waals surface area (Å²) in [6.07, 6.45) is 1.20. The monoisotopic (exact) mass is 424 g/mol. The third-order valence-corrected chi connectivity index (χ3v) is 5.98. The molecule has 0 bridgehead atoms. The van der Waals surface area contributed by atoms with Crippen molar-refractivity contribution in [1.82, 2.24) is 15.5 Å². The van der Waals surface area contributed by atoms with Gasteiger partial charge < -0.3 is 5.32 Å². The minimum Gasteiger partial charge on any atom is -0.355 e. The minimum atomic E-state index is -0.445. The van der Waals surface area contributed by atoms with Gasteiger partial charge >= 0.3 is 0 Å². The number of nitrogens with one attached hydrogen (secondary N) is 1. The molecular weight excluding hydrogens is 403 g/mol. The Labute approximate surface area is 177 Å². The fraction of sp³-hybridized carbons (Fsp3) is 0.273. The molecule has 1 aliphatic heterocycles. The number of hydrogen-bond acceptors (Lipinski definition) is 5. The van der Waals surface area contributed by atoms with Crippen molar-refractivity contribution in [2.45, 2.75) is 19.3 Å². The summed E-state index contributed by atoms with van der Waals surface area (Å²) >= 11 is 1.37. The van der Waals surface area contributed by atoms with E-state index >= 15 is 0 Å². The van der Waals surface area contributed by atoms with Gasteiger partial charge in [-0.1, -0.05) is 59.9 Å². The van der Waals surface area contributed by atoms with Crippen LogP contribution in [0.1, 0.15) is 22.6 Å². The Morgan fingerprint density at radius 3 is 2.70 bits per heavy atom. The number of carbonyl (C=O) groups is 2. The van der Waals surface area contributed by atoms with Crippen molar-refractivity contribution in [3.63, 3.8) is 0 Å². The van der Waals surface area contributed by atoms with Crippen LogP contribution in [-0.4, -0.2) is 35.1 Å². The van der Waals surface area contributed by atoms with Gasteiger partial charge in [-0.3, -0.25) is 14.5 Å². The maximum absolute atomic E-state index is 13.7. The first-order valence-corrected chi connectivity index (χ1v) is 10.6. The van der Waals surface area contributed by atoms with Gasteiger partial charge in [0.25, 0.3) is 0 Å². The lowest BCUT2D eigenvalue weighted by Gasteiger charge is -2.13. The van der Waals surface area contributed by atoms with Crippen LogP contribution < -0.4 is 10.2 Å². The fourth-order valence-corrected chi connectivity index (χ4v) is 4.33. The Hall–Kier alpha value is -3.13. The van der Waals surface area contributed by atoms with Crippen LogP contribution in [0.3, 0.4) is 0 Å². The zero-order chi connectivity index (χ0) is 20.9. The Kier molecular flexibility index (Phi) is 6.13. The quantitative estimate of drug-likeness (QED) is 0.633. The molecule has 2 heterocycles. The van der Waals surface area contributed by atoms with Crippen molar-refractivity contribution in [2.75, 3.05) is 18.0 Å². The molecule has 8 heteroatoms. The van der Waals surface area contributed by atoms with Crippen molar-refractivity contribution < 1.29 is 14.0 Å². The summed E-state index contributed by atoms with van der Waals surface area (Å²) in [7, 11) is 0. The Bertz CT molecular complexity index is 1040. The molecule has 0 spiro atoms. The Balaban J connectivity index is 1.31. The first kappa shape index (κ1) is 20.2. The number of nitrogens with zero attached hydrogens (tertiary/aromatic N) is 3. The Morgan fingerprint density at radius 2 is 1.90 bits per heavy atom. The second-order valence-corrected chi connectivity index (χ2v) is 8.22. The van der Waals surface area contributed by atoms with Gasteiger partial charge in [-0.25, -0.2) is 4.39 Å². The van der Waals surface area contributed by atoms with Crippen LogP contribution >= 0.6 is 11.3 Å². The van der Waals surface area contributed by atoms with Crippen molar-refractivity contribution in [2.24, 2.45) is 5.92 Å². The zero-order valence-electron chi connectivity index (χ0n) is 16.3. The van der Waals surface area contributed by atoms with E-state index < -0.39 is 5.92 Å². The lowest BCUT2D eigenvalue weighted by molar-refractivity contribution is -0.126. The van der Waals surface area contributed by atoms with Crippen LogP contribution in [0.2, 0.25) is 0 Å². The molecule has 1 fully saturated rings. The van der Waals surface area contributed by atoms with Crippen LogP contribution in [0.5, 0.6) is 0 Å². The zero-order valence-corrected chi connectivity index (χ0v) is 17.1. The molecule has 4 rings (SSSR count). The summed E-state index contributed by atoms with van der Waals surface area (Å²) in [6, 6.07) is 16.4. The molecule has 1 saturated heterocycles. The number of aromatic nitrogens is 2. The van der Waals surface area contributed by atoms with Gasteiger partial charge in [0.15, 0.2) is 0 Å². The minimum absolute atomic E-state index is 0.133. The summed E-state index contributed by atoms with van der Waals surface area (Å²) in [5, 5.41) is 12.5. The molecule has 1 unspecified atom stereocenters. The highest BCUT2D eigenvalue weighted by Gasteiger charge is 2.36. The summed E-state index contributed by atoms with van der Waals surface area (Å²) < 4.78 is 13.7. The average molecular weight is 425 g/mol. The van der Waals surface area contributed by atoms with Crippen LogP contribution in [0, 0.1) is 11.7 Å². The van der Waals surface area contributed by atoms with Crippen LogP contribution in [0.4, 0.5) is 9.52 Å². The molecule has 1 N–H and O–H groups in total. The molecule has 0 saturated carbocycles. The number of carbonyl (C=O) groups excluding carboxylic acids is 2. The molecule has 154 valence electrons. The Morgan fingerprint density at radius 1 is 1.13 bits per heavy atom. The van der Waals surface area contributed by atoms with Gasteiger partial charge in [-0.2, -0.15) is 0 Å². The number of hydrogen-bond donors (Lipinski definition) is 1. The predicted octanol–water partition coefficient (Wildman–Crippen LogP) is 2.98. The molecule has 0 radical (unpaired) electrons. The van der Waals surface area contributed by atoms with E-state index in [0.29, 0.717) is 30.1 Å². The SMILES string of the molecule is O=C(NCCc1ccccc1F)C1CC(=O)N(c2nnc(Cc3ccccc3)s2)C1. The molecule has 1 aromatic heterocycles. The highest BCUT2D eigenvalue weighted by Crippen LogP contribution is 2.28. The third-order valence-electron chi connectivity index (χ3n) is 5.03. The summed E-state index contributed by atoms with van der Waals surface area (Å²) in [5.41, 5.74) is 1.68. The second-order valence-electron chi connectivity index (χ2n) is 7.18. The van der Waals surface area contributed by atoms with Crippen molar-refractivity contribution in [3.8, 4) is 0 Å². The van der Waals surface area contributed by atoms with E-state index in [1.165, 1.54) is 22.3 Å². The van der Waals surface area contributed by atoms with Gasteiger partial charge in [-0.05, 0) is 23.6 Å². The molecule has 1 aliphatic rings. The molecule has 30 heavy (non-hydrogen) atoms. The maximum Gasteiger partial charge on any atom is 0.229 e. The highest BCUT2D eigenvalue weighted by molar-refractivity contribution is 7.15. The molecule has 3 aromatic rings. The maximum atomic E-state index is 13.7. The second kappa shape index (κ2) is 9.13. The van der Waals surface area contributed by atoms with E-state index in [-0.39, 0.29) is 30.6 Å². The predicted molar refractivity (Wildman–Crippen MR) is 113 cm³/mol. The van der Waals surface area contributed by atoms with Gasteiger partial charge in [0.2, 0.25) is 16.9 Å². The van der Waals surface area contributed by atoms with Crippen molar-refractivity contribution in [3.05, 3.63) is 76.5 Å². The van der Waals surface area contributed by atoms with E-state index in [1.54, 1.807) is 18.2 Å². The summed E-state index contributed by atoms with van der Waals surface area (Å²) in [6.45, 7) is 0.606. The van der Waals surface area contributed by atoms with Crippen LogP contribution in [0.25, 0.3) is 0 Å². The molecule has 2 aromatic carbocycles. The largest absolute Gasteiger partial charge is 0.355 e. The van der Waals surface area contributed by atoms with E-state index in [4.69, 9.17) is 0 Å². The van der Waals surface area contributed by atoms with Gasteiger partial charge in [0.05, 0.1) is 5.92 Å². The lowest BCUT2D eigenvalue weighted by atomic mass is 10.1. The van der Waals surface area contributed by atoms with Gasteiger partial charge in [-0.15, -0.1) is 10.2 Å². The van der Waals surface area contributed by atoms with E-state index in [2.05, 4.69) is 15.5 Å². The number of benzene rings is 2. The molecule has 6 nitrogen and oxygen atoms in total. The molecule has 1 atom stereocenters. The first-order valence-electron chi connectivity index (χ1n) is 9.78. The average Bonchev–Trinajstić information content (AvgIpc) is 3.36. The standard InChI is InChI=1S/C22H21FN4O2S/c23-18-9-5-4-8-16(18)10-11-24-21(29)17-13-20(28)27(14-17)22-26-25-19(30-22)12-15-6-2-1-3-7-15/h1-9,17H,10-14H2,(H,24,29). The molecule has 0 aliphatic carbocycles. The normalized spacial score (nSPS) is 16.1. The molecule has 2 amide bonds. The first-order chi connectivity index (χ1) is 14.6. The topological polar surface area (TPSA) is 75.2 Å². The fourth-order valence-electron chi connectivity index (χ4n) is 3.43. The summed E-state index contributed by atoms with van der Waals surface area (Å²) in [5.74, 6) is -1.06. The van der Waals surface area contributed by atoms with Crippen LogP contribution in [-0.2, 0) is 22.4 Å². The number of halogens is 1. The summed E-state index contributed by atoms with van der Waals surface area (Å²) in [4.78, 5) is 26.4. The molecular formula is C22H21FN4O2S. The van der Waals surface area contributed by atoms with E-state index in [0.717, 1.165) is 10.6 Å². The van der Waals surface area contributed by atoms with Gasteiger partial charge in [0, 0.05) is 25.9 Å². The lowest BCUT2D eigenvalue weighted by Crippen LogP contribution is -2.34. The van der Waals surface area contributed by atoms with E-state index in [9.17, 15) is 14.0 Å². The number of anilines is 1. The van der Waals surface area contributed by atoms with Crippen LogP contribution in [0.15, 0.2) is 54.6 Å². The highest BCUT2D eigenvalue weighted by atomic mass is 32.1. The smallest absolute Gasteiger partial charge is 0.229 e. The van der Waals surface area contributed by atoms with Gasteiger partial charge in [0.1, 0.15) is 10.8 Å². The van der Waals surface area contributed by atoms with Crippen molar-refractivity contribution in [1.29, 1.82) is 0 Å². The number of rotatable bonds is 7. The third kappa shape index (κ3) is 4.71. The van der Waals surface area contributed by atoms with Crippen molar-refractivity contribution >= 4 is 28.3 Å². The van der Waals surface area contributed by atoms with E-state index in [1.807, 2.05) is 30.3 Å².